The first-order valence-electron chi connectivity index (χ1n) is 7.71. The number of likely N-dealkylation sites (tertiary alicyclic amines) is 1. The van der Waals surface area contributed by atoms with Crippen LogP contribution in [0.25, 0.3) is 0 Å². The van der Waals surface area contributed by atoms with E-state index in [1.807, 2.05) is 7.05 Å². The number of hydrogen-bond donors (Lipinski definition) is 1. The molecule has 0 amide bonds. The second kappa shape index (κ2) is 7.66. The molecule has 1 heterocycles. The number of nitrogens with zero attached hydrogens (tertiary/aromatic N) is 1. The maximum Gasteiger partial charge on any atom is 0.0107 e. The van der Waals surface area contributed by atoms with Gasteiger partial charge in [-0.15, -0.1) is 0 Å². The standard InChI is InChI=1S/C17H28N2/c1-15-5-3-4-6-17(15)8-7-16-9-12-19(13-10-16)14-11-18-2/h3-6,16,18H,7-14H2,1-2H3. The molecule has 1 aliphatic rings. The second-order valence-corrected chi connectivity index (χ2v) is 5.85. The molecule has 0 spiro atoms. The Bertz CT molecular complexity index is 367. The number of likely N-dealkylation sites (N-methyl/N-ethyl adjacent to an activating group) is 1. The van der Waals surface area contributed by atoms with Gasteiger partial charge >= 0.3 is 0 Å². The van der Waals surface area contributed by atoms with Gasteiger partial charge in [0.05, 0.1) is 0 Å². The van der Waals surface area contributed by atoms with Crippen molar-refractivity contribution in [1.82, 2.24) is 10.2 Å². The number of rotatable bonds is 6. The van der Waals surface area contributed by atoms with Crippen LogP contribution in [0.2, 0.25) is 0 Å². The molecule has 1 N–H and O–H groups in total. The Balaban J connectivity index is 1.70. The van der Waals surface area contributed by atoms with Crippen LogP contribution in [0.4, 0.5) is 0 Å². The molecular weight excluding hydrogens is 232 g/mol. The van der Waals surface area contributed by atoms with Crippen LogP contribution in [0.1, 0.15) is 30.4 Å². The van der Waals surface area contributed by atoms with Crippen molar-refractivity contribution in [2.45, 2.75) is 32.6 Å². The van der Waals surface area contributed by atoms with Gasteiger partial charge in [-0.1, -0.05) is 24.3 Å². The van der Waals surface area contributed by atoms with Crippen LogP contribution in [0.3, 0.4) is 0 Å². The monoisotopic (exact) mass is 260 g/mol. The van der Waals surface area contributed by atoms with Crippen molar-refractivity contribution >= 4 is 0 Å². The summed E-state index contributed by atoms with van der Waals surface area (Å²) in [6.45, 7) is 7.14. The summed E-state index contributed by atoms with van der Waals surface area (Å²) in [5.41, 5.74) is 2.99. The largest absolute Gasteiger partial charge is 0.318 e. The lowest BCUT2D eigenvalue weighted by molar-refractivity contribution is 0.181. The Hall–Kier alpha value is -0.860. The molecule has 1 aromatic rings. The van der Waals surface area contributed by atoms with Crippen molar-refractivity contribution in [3.05, 3.63) is 35.4 Å². The zero-order valence-corrected chi connectivity index (χ0v) is 12.5. The van der Waals surface area contributed by atoms with E-state index in [2.05, 4.69) is 41.4 Å². The minimum atomic E-state index is 0.936. The summed E-state index contributed by atoms with van der Waals surface area (Å²) in [6.07, 6.45) is 5.39. The van der Waals surface area contributed by atoms with Crippen molar-refractivity contribution in [3.8, 4) is 0 Å². The van der Waals surface area contributed by atoms with Crippen molar-refractivity contribution in [1.29, 1.82) is 0 Å². The third-order valence-corrected chi connectivity index (χ3v) is 4.47. The van der Waals surface area contributed by atoms with E-state index in [4.69, 9.17) is 0 Å². The molecular formula is C17H28N2. The van der Waals surface area contributed by atoms with Crippen LogP contribution >= 0.6 is 0 Å². The number of piperidine rings is 1. The van der Waals surface area contributed by atoms with E-state index in [1.54, 1.807) is 5.56 Å². The molecule has 2 heteroatoms. The smallest absolute Gasteiger partial charge is 0.0107 e. The van der Waals surface area contributed by atoms with E-state index in [9.17, 15) is 0 Å². The molecule has 1 saturated heterocycles. The van der Waals surface area contributed by atoms with Gasteiger partial charge in [-0.3, -0.25) is 0 Å². The highest BCUT2D eigenvalue weighted by atomic mass is 15.1. The van der Waals surface area contributed by atoms with Crippen molar-refractivity contribution in [2.75, 3.05) is 33.2 Å². The summed E-state index contributed by atoms with van der Waals surface area (Å²) in [5.74, 6) is 0.936. The average molecular weight is 260 g/mol. The van der Waals surface area contributed by atoms with Gasteiger partial charge in [0.2, 0.25) is 0 Å². The lowest BCUT2D eigenvalue weighted by Crippen LogP contribution is -2.37. The maximum atomic E-state index is 3.24. The molecule has 0 atom stereocenters. The fourth-order valence-electron chi connectivity index (χ4n) is 3.02. The van der Waals surface area contributed by atoms with Crippen LogP contribution in [0.15, 0.2) is 24.3 Å². The Kier molecular flexibility index (Phi) is 5.87. The molecule has 2 rings (SSSR count). The first kappa shape index (κ1) is 14.5. The number of aryl methyl sites for hydroxylation is 2. The van der Waals surface area contributed by atoms with Crippen LogP contribution in [0, 0.1) is 12.8 Å². The lowest BCUT2D eigenvalue weighted by Gasteiger charge is -2.32. The van der Waals surface area contributed by atoms with Gasteiger partial charge < -0.3 is 10.2 Å². The number of benzene rings is 1. The SMILES string of the molecule is CNCCN1CCC(CCc2ccccc2C)CC1. The quantitative estimate of drug-likeness (QED) is 0.846. The molecule has 1 aromatic carbocycles. The van der Waals surface area contributed by atoms with Gasteiger partial charge in [-0.05, 0) is 69.8 Å². The summed E-state index contributed by atoms with van der Waals surface area (Å²) >= 11 is 0. The predicted octanol–water partition coefficient (Wildman–Crippen LogP) is 2.86. The highest BCUT2D eigenvalue weighted by Crippen LogP contribution is 2.23. The van der Waals surface area contributed by atoms with Gasteiger partial charge in [0, 0.05) is 13.1 Å². The average Bonchev–Trinajstić information content (AvgIpc) is 2.45. The minimum Gasteiger partial charge on any atom is -0.318 e. The topological polar surface area (TPSA) is 15.3 Å². The van der Waals surface area contributed by atoms with Gasteiger partial charge in [-0.2, -0.15) is 0 Å². The highest BCUT2D eigenvalue weighted by Gasteiger charge is 2.18. The third-order valence-electron chi connectivity index (χ3n) is 4.47. The normalized spacial score (nSPS) is 17.8. The number of nitrogens with one attached hydrogen (secondary N) is 1. The van der Waals surface area contributed by atoms with Gasteiger partial charge in [-0.25, -0.2) is 0 Å². The van der Waals surface area contributed by atoms with Crippen LogP contribution in [-0.2, 0) is 6.42 Å². The predicted molar refractivity (Wildman–Crippen MR) is 82.6 cm³/mol. The summed E-state index contributed by atoms with van der Waals surface area (Å²) in [5, 5.41) is 3.24. The first-order chi connectivity index (χ1) is 9.29. The summed E-state index contributed by atoms with van der Waals surface area (Å²) in [7, 11) is 2.04. The number of hydrogen-bond acceptors (Lipinski definition) is 2. The molecule has 2 nitrogen and oxygen atoms in total. The summed E-state index contributed by atoms with van der Waals surface area (Å²) in [6, 6.07) is 8.83. The van der Waals surface area contributed by atoms with Crippen molar-refractivity contribution in [2.24, 2.45) is 5.92 Å². The van der Waals surface area contributed by atoms with Gasteiger partial charge in [0.1, 0.15) is 0 Å². The fraction of sp³-hybridized carbons (Fsp3) is 0.647. The third kappa shape index (κ3) is 4.63. The lowest BCUT2D eigenvalue weighted by atomic mass is 9.89. The van der Waals surface area contributed by atoms with Gasteiger partial charge in [0.15, 0.2) is 0 Å². The van der Waals surface area contributed by atoms with E-state index >= 15 is 0 Å². The summed E-state index contributed by atoms with van der Waals surface area (Å²) in [4.78, 5) is 2.60. The molecule has 0 radical (unpaired) electrons. The van der Waals surface area contributed by atoms with E-state index in [-0.39, 0.29) is 0 Å². The maximum absolute atomic E-state index is 3.24. The highest BCUT2D eigenvalue weighted by molar-refractivity contribution is 5.25. The zero-order valence-electron chi connectivity index (χ0n) is 12.5. The minimum absolute atomic E-state index is 0.936. The molecule has 0 saturated carbocycles. The van der Waals surface area contributed by atoms with Gasteiger partial charge in [0.25, 0.3) is 0 Å². The molecule has 0 unspecified atom stereocenters. The molecule has 0 aliphatic carbocycles. The Morgan fingerprint density at radius 3 is 2.63 bits per heavy atom. The van der Waals surface area contributed by atoms with E-state index in [1.165, 1.54) is 50.9 Å². The molecule has 0 bridgehead atoms. The Morgan fingerprint density at radius 2 is 1.95 bits per heavy atom. The van der Waals surface area contributed by atoms with Crippen LogP contribution in [-0.4, -0.2) is 38.1 Å². The molecule has 106 valence electrons. The van der Waals surface area contributed by atoms with E-state index in [0.717, 1.165) is 12.5 Å². The van der Waals surface area contributed by atoms with Crippen molar-refractivity contribution < 1.29 is 0 Å². The second-order valence-electron chi connectivity index (χ2n) is 5.85. The zero-order chi connectivity index (χ0) is 13.5. The molecule has 1 aliphatic heterocycles. The molecule has 19 heavy (non-hydrogen) atoms. The van der Waals surface area contributed by atoms with Crippen molar-refractivity contribution in [3.63, 3.8) is 0 Å². The van der Waals surface area contributed by atoms with Crippen LogP contribution in [0.5, 0.6) is 0 Å². The first-order valence-corrected chi connectivity index (χ1v) is 7.71. The van der Waals surface area contributed by atoms with E-state index in [0.29, 0.717) is 0 Å². The Morgan fingerprint density at radius 1 is 1.21 bits per heavy atom. The summed E-state index contributed by atoms with van der Waals surface area (Å²) < 4.78 is 0. The fourth-order valence-corrected chi connectivity index (χ4v) is 3.02. The molecule has 1 fully saturated rings. The van der Waals surface area contributed by atoms with Crippen LogP contribution < -0.4 is 5.32 Å². The van der Waals surface area contributed by atoms with E-state index < -0.39 is 0 Å². The Labute approximate surface area is 118 Å². The molecule has 0 aromatic heterocycles.